The molecule has 182 valence electrons. The van der Waals surface area contributed by atoms with Gasteiger partial charge in [-0.2, -0.15) is 0 Å². The number of para-hydroxylation sites is 1. The largest absolute Gasteiger partial charge is 0.492 e. The molecule has 0 bridgehead atoms. The number of hydrogen-bond donors (Lipinski definition) is 0. The summed E-state index contributed by atoms with van der Waals surface area (Å²) in [4.78, 5) is 41.3. The molecule has 7 nitrogen and oxygen atoms in total. The molecule has 0 unspecified atom stereocenters. The second-order valence-corrected chi connectivity index (χ2v) is 8.92. The Balaban J connectivity index is 1.51. The number of carbonyl (C=O) groups is 3. The molecule has 9 heteroatoms. The Hall–Kier alpha value is -3.59. The summed E-state index contributed by atoms with van der Waals surface area (Å²) in [6, 6.07) is 13.2. The second-order valence-electron chi connectivity index (χ2n) is 7.93. The van der Waals surface area contributed by atoms with Crippen LogP contribution < -0.4 is 4.74 Å². The average molecular weight is 496 g/mol. The van der Waals surface area contributed by atoms with Crippen LogP contribution in [0.15, 0.2) is 59.6 Å². The number of thioether (sulfide) groups is 1. The zero-order valence-electron chi connectivity index (χ0n) is 19.6. The minimum Gasteiger partial charge on any atom is -0.492 e. The first kappa shape index (κ1) is 24.5. The summed E-state index contributed by atoms with van der Waals surface area (Å²) in [5.74, 6) is -0.282. The number of fused-ring (bicyclic) bond motifs is 1. The minimum atomic E-state index is -0.390. The van der Waals surface area contributed by atoms with Gasteiger partial charge in [0, 0.05) is 35.8 Å². The third-order valence-electron chi connectivity index (χ3n) is 5.80. The third-order valence-corrected chi connectivity index (χ3v) is 6.71. The summed E-state index contributed by atoms with van der Waals surface area (Å²) in [5, 5.41) is 0.524. The predicted octanol–water partition coefficient (Wildman–Crippen LogP) is 4.76. The number of aromatic nitrogens is 1. The van der Waals surface area contributed by atoms with E-state index in [4.69, 9.17) is 4.74 Å². The molecule has 0 spiro atoms. The van der Waals surface area contributed by atoms with Crippen LogP contribution in [0.3, 0.4) is 0 Å². The molecule has 2 heterocycles. The Morgan fingerprint density at radius 3 is 2.51 bits per heavy atom. The molecule has 1 saturated heterocycles. The lowest BCUT2D eigenvalue weighted by molar-refractivity contribution is -0.131. The maximum absolute atomic E-state index is 13.0. The number of hydrogen-bond acceptors (Lipinski definition) is 5. The summed E-state index contributed by atoms with van der Waals surface area (Å²) in [7, 11) is 0. The van der Waals surface area contributed by atoms with Crippen molar-refractivity contribution in [3.63, 3.8) is 0 Å². The number of nitrogens with zero attached hydrogens (tertiary/aromatic N) is 3. The van der Waals surface area contributed by atoms with Gasteiger partial charge in [0.15, 0.2) is 0 Å². The number of amides is 3. The molecule has 1 aromatic heterocycles. The Morgan fingerprint density at radius 2 is 1.80 bits per heavy atom. The maximum Gasteiger partial charge on any atom is 0.293 e. The van der Waals surface area contributed by atoms with Crippen molar-refractivity contribution >= 4 is 45.8 Å². The summed E-state index contributed by atoms with van der Waals surface area (Å²) in [5.41, 5.74) is 1.65. The van der Waals surface area contributed by atoms with E-state index in [0.29, 0.717) is 23.7 Å². The van der Waals surface area contributed by atoms with Crippen LogP contribution in [0, 0.1) is 5.82 Å². The van der Waals surface area contributed by atoms with Crippen LogP contribution >= 0.6 is 11.8 Å². The number of halogens is 1. The van der Waals surface area contributed by atoms with Crippen LogP contribution in [-0.2, 0) is 16.1 Å². The normalized spacial score (nSPS) is 14.8. The van der Waals surface area contributed by atoms with Crippen LogP contribution in [0.1, 0.15) is 19.4 Å². The topological polar surface area (TPSA) is 71.8 Å². The van der Waals surface area contributed by atoms with Gasteiger partial charge in [0.1, 0.15) is 24.7 Å². The standard InChI is InChI=1S/C26H26FN3O4S/c1-3-28(4-2)24(31)17-29-16-18(21-7-5-6-8-22(21)29)15-23-25(32)30(26(33)35-23)13-14-34-20-11-9-19(27)10-12-20/h5-12,15-16H,3-4,13-14,17H2,1-2H3/b23-15-. The fourth-order valence-electron chi connectivity index (χ4n) is 3.96. The van der Waals surface area contributed by atoms with Gasteiger partial charge in [-0.15, -0.1) is 0 Å². The number of carbonyl (C=O) groups excluding carboxylic acids is 3. The highest BCUT2D eigenvalue weighted by molar-refractivity contribution is 8.18. The summed E-state index contributed by atoms with van der Waals surface area (Å²) >= 11 is 0.878. The first-order chi connectivity index (χ1) is 16.9. The molecule has 0 aliphatic carbocycles. The second kappa shape index (κ2) is 10.8. The zero-order valence-corrected chi connectivity index (χ0v) is 20.4. The summed E-state index contributed by atoms with van der Waals surface area (Å²) < 4.78 is 20.4. The fraction of sp³-hybridized carbons (Fsp3) is 0.269. The highest BCUT2D eigenvalue weighted by Gasteiger charge is 2.35. The van der Waals surface area contributed by atoms with E-state index in [1.807, 2.05) is 48.9 Å². The molecule has 0 atom stereocenters. The Labute approximate surface area is 207 Å². The van der Waals surface area contributed by atoms with Crippen molar-refractivity contribution in [1.29, 1.82) is 0 Å². The summed E-state index contributed by atoms with van der Waals surface area (Å²) in [6.45, 7) is 5.54. The highest BCUT2D eigenvalue weighted by Crippen LogP contribution is 2.34. The third kappa shape index (κ3) is 5.40. The molecule has 4 rings (SSSR count). The summed E-state index contributed by atoms with van der Waals surface area (Å²) in [6.07, 6.45) is 3.55. The number of imide groups is 1. The van der Waals surface area contributed by atoms with Crippen LogP contribution in [0.25, 0.3) is 17.0 Å². The van der Waals surface area contributed by atoms with Gasteiger partial charge in [-0.05, 0) is 62.0 Å². The maximum atomic E-state index is 13.0. The van der Waals surface area contributed by atoms with Crippen molar-refractivity contribution in [1.82, 2.24) is 14.4 Å². The van der Waals surface area contributed by atoms with Crippen molar-refractivity contribution in [2.45, 2.75) is 20.4 Å². The molecule has 2 aromatic carbocycles. The number of rotatable bonds is 9. The lowest BCUT2D eigenvalue weighted by atomic mass is 10.1. The Kier molecular flexibility index (Phi) is 7.55. The van der Waals surface area contributed by atoms with Gasteiger partial charge in [0.2, 0.25) is 5.91 Å². The van der Waals surface area contributed by atoms with Crippen LogP contribution in [0.4, 0.5) is 9.18 Å². The lowest BCUT2D eigenvalue weighted by Gasteiger charge is -2.19. The first-order valence-corrected chi connectivity index (χ1v) is 12.2. The van der Waals surface area contributed by atoms with E-state index in [-0.39, 0.29) is 36.7 Å². The van der Waals surface area contributed by atoms with Crippen molar-refractivity contribution < 1.29 is 23.5 Å². The molecule has 1 aliphatic heterocycles. The molecule has 3 aromatic rings. The SMILES string of the molecule is CCN(CC)C(=O)Cn1cc(/C=C2\SC(=O)N(CCOc3ccc(F)cc3)C2=O)c2ccccc21. The van der Waals surface area contributed by atoms with Crippen molar-refractivity contribution in [3.05, 3.63) is 71.0 Å². The van der Waals surface area contributed by atoms with Crippen molar-refractivity contribution in [3.8, 4) is 5.75 Å². The van der Waals surface area contributed by atoms with Crippen LogP contribution in [-0.4, -0.2) is 57.7 Å². The number of ether oxygens (including phenoxy) is 1. The predicted molar refractivity (Wildman–Crippen MR) is 134 cm³/mol. The molecular formula is C26H26FN3O4S. The van der Waals surface area contributed by atoms with E-state index in [2.05, 4.69) is 0 Å². The van der Waals surface area contributed by atoms with E-state index in [9.17, 15) is 18.8 Å². The lowest BCUT2D eigenvalue weighted by Crippen LogP contribution is -2.33. The number of benzene rings is 2. The monoisotopic (exact) mass is 495 g/mol. The van der Waals surface area contributed by atoms with Gasteiger partial charge in [0.25, 0.3) is 11.1 Å². The van der Waals surface area contributed by atoms with Gasteiger partial charge in [0.05, 0.1) is 11.4 Å². The van der Waals surface area contributed by atoms with Crippen LogP contribution in [0.2, 0.25) is 0 Å². The quantitative estimate of drug-likeness (QED) is 0.400. The first-order valence-electron chi connectivity index (χ1n) is 11.4. The Bertz CT molecular complexity index is 1280. The smallest absolute Gasteiger partial charge is 0.293 e. The van der Waals surface area contributed by atoms with E-state index in [1.165, 1.54) is 24.3 Å². The molecule has 0 radical (unpaired) electrons. The van der Waals surface area contributed by atoms with Crippen molar-refractivity contribution in [2.24, 2.45) is 0 Å². The zero-order chi connectivity index (χ0) is 24.9. The van der Waals surface area contributed by atoms with Gasteiger partial charge < -0.3 is 14.2 Å². The molecule has 0 saturated carbocycles. The van der Waals surface area contributed by atoms with Crippen molar-refractivity contribution in [2.75, 3.05) is 26.2 Å². The van der Waals surface area contributed by atoms with E-state index >= 15 is 0 Å². The molecule has 35 heavy (non-hydrogen) atoms. The van der Waals surface area contributed by atoms with E-state index in [0.717, 1.165) is 33.1 Å². The molecule has 1 fully saturated rings. The van der Waals surface area contributed by atoms with Gasteiger partial charge in [-0.25, -0.2) is 4.39 Å². The molecule has 1 aliphatic rings. The fourth-order valence-corrected chi connectivity index (χ4v) is 4.82. The highest BCUT2D eigenvalue weighted by atomic mass is 32.2. The molecular weight excluding hydrogens is 469 g/mol. The average Bonchev–Trinajstić information content (AvgIpc) is 3.33. The van der Waals surface area contributed by atoms with E-state index < -0.39 is 5.91 Å². The molecule has 3 amide bonds. The number of likely N-dealkylation sites (N-methyl/N-ethyl adjacent to an activating group) is 1. The minimum absolute atomic E-state index is 0.0174. The Morgan fingerprint density at radius 1 is 1.09 bits per heavy atom. The van der Waals surface area contributed by atoms with E-state index in [1.54, 1.807) is 11.0 Å². The van der Waals surface area contributed by atoms with Gasteiger partial charge >= 0.3 is 0 Å². The van der Waals surface area contributed by atoms with Crippen LogP contribution in [0.5, 0.6) is 5.75 Å². The van der Waals surface area contributed by atoms with Gasteiger partial charge in [-0.3, -0.25) is 19.3 Å². The van der Waals surface area contributed by atoms with Gasteiger partial charge in [-0.1, -0.05) is 18.2 Å². The molecule has 0 N–H and O–H groups in total.